The third-order valence-electron chi connectivity index (χ3n) is 8.37. The van der Waals surface area contributed by atoms with Crippen LogP contribution < -0.4 is 5.73 Å². The zero-order valence-electron chi connectivity index (χ0n) is 17.9. The minimum atomic E-state index is -0.358. The highest BCUT2D eigenvalue weighted by atomic mass is 16.2. The summed E-state index contributed by atoms with van der Waals surface area (Å²) in [7, 11) is 0. The summed E-state index contributed by atoms with van der Waals surface area (Å²) in [6.45, 7) is 6.57. The zero-order valence-corrected chi connectivity index (χ0v) is 17.9. The number of benzene rings is 1. The Hall–Kier alpha value is -1.84. The molecule has 1 aliphatic heterocycles. The summed E-state index contributed by atoms with van der Waals surface area (Å²) in [6, 6.07) is 5.71. The fraction of sp³-hybridized carbons (Fsp3) is 0.680. The van der Waals surface area contributed by atoms with Crippen LogP contribution in [0.1, 0.15) is 97.9 Å². The smallest absolute Gasteiger partial charge is 0.253 e. The van der Waals surface area contributed by atoms with Crippen molar-refractivity contribution in [1.29, 1.82) is 0 Å². The molecule has 4 saturated carbocycles. The topological polar surface area (TPSA) is 63.4 Å². The minimum absolute atomic E-state index is 0.00846. The maximum absolute atomic E-state index is 13.2. The third-order valence-corrected chi connectivity index (χ3v) is 8.37. The van der Waals surface area contributed by atoms with E-state index >= 15 is 0 Å². The molecule has 0 spiro atoms. The highest BCUT2D eigenvalue weighted by Crippen LogP contribution is 2.70. The van der Waals surface area contributed by atoms with E-state index in [0.29, 0.717) is 16.4 Å². The first-order chi connectivity index (χ1) is 13.7. The first-order valence-corrected chi connectivity index (χ1v) is 11.4. The molecule has 4 bridgehead atoms. The summed E-state index contributed by atoms with van der Waals surface area (Å²) in [6.07, 6.45) is 10.7. The van der Waals surface area contributed by atoms with Gasteiger partial charge in [0.05, 0.1) is 0 Å². The lowest BCUT2D eigenvalue weighted by molar-refractivity contribution is -0.110. The van der Waals surface area contributed by atoms with Crippen molar-refractivity contribution in [3.63, 3.8) is 0 Å². The molecule has 4 nitrogen and oxygen atoms in total. The van der Waals surface area contributed by atoms with Crippen molar-refractivity contribution in [1.82, 2.24) is 4.90 Å². The second-order valence-electron chi connectivity index (χ2n) is 11.4. The van der Waals surface area contributed by atoms with E-state index in [9.17, 15) is 9.59 Å². The Labute approximate surface area is 174 Å². The van der Waals surface area contributed by atoms with Gasteiger partial charge in [0.25, 0.3) is 5.91 Å². The molecule has 5 aliphatic rings. The lowest BCUT2D eigenvalue weighted by atomic mass is 9.39. The fourth-order valence-corrected chi connectivity index (χ4v) is 8.36. The number of hydrogen-bond acceptors (Lipinski definition) is 2. The first kappa shape index (κ1) is 19.1. The Kier molecular flexibility index (Phi) is 4.18. The van der Waals surface area contributed by atoms with Gasteiger partial charge in [-0.15, -0.1) is 0 Å². The van der Waals surface area contributed by atoms with Crippen LogP contribution in [0.2, 0.25) is 0 Å². The molecule has 1 aromatic rings. The van der Waals surface area contributed by atoms with Crippen molar-refractivity contribution in [2.24, 2.45) is 22.5 Å². The molecule has 156 valence electrons. The first-order valence-electron chi connectivity index (χ1n) is 11.4. The van der Waals surface area contributed by atoms with E-state index in [-0.39, 0.29) is 17.2 Å². The summed E-state index contributed by atoms with van der Waals surface area (Å²) in [4.78, 5) is 27.6. The number of likely N-dealkylation sites (tertiary alicyclic amines) is 1. The molecule has 4 atom stereocenters. The molecule has 2 amide bonds. The summed E-state index contributed by atoms with van der Waals surface area (Å²) in [5.41, 5.74) is 8.94. The Morgan fingerprint density at radius 2 is 1.62 bits per heavy atom. The number of hydrogen-bond donors (Lipinski definition) is 1. The van der Waals surface area contributed by atoms with Gasteiger partial charge < -0.3 is 10.6 Å². The van der Waals surface area contributed by atoms with Crippen molar-refractivity contribution in [3.05, 3.63) is 34.9 Å². The Bertz CT molecular complexity index is 852. The zero-order chi connectivity index (χ0) is 20.4. The van der Waals surface area contributed by atoms with E-state index in [1.807, 2.05) is 17.0 Å². The second kappa shape index (κ2) is 6.33. The third kappa shape index (κ3) is 3.10. The van der Waals surface area contributed by atoms with E-state index in [0.717, 1.165) is 62.2 Å². The molecule has 1 saturated heterocycles. The van der Waals surface area contributed by atoms with E-state index in [2.05, 4.69) is 19.9 Å². The number of carbonyl (C=O) groups is 2. The highest BCUT2D eigenvalue weighted by Gasteiger charge is 2.61. The average Bonchev–Trinajstić information content (AvgIpc) is 2.65. The predicted octanol–water partition coefficient (Wildman–Crippen LogP) is 4.66. The number of nitrogens with zero attached hydrogens (tertiary/aromatic N) is 1. The van der Waals surface area contributed by atoms with Gasteiger partial charge in [-0.3, -0.25) is 9.59 Å². The molecule has 6 rings (SSSR count). The summed E-state index contributed by atoms with van der Waals surface area (Å²) in [5, 5.41) is 0. The van der Waals surface area contributed by atoms with Crippen LogP contribution in [-0.4, -0.2) is 29.8 Å². The van der Waals surface area contributed by atoms with Gasteiger partial charge in [-0.1, -0.05) is 13.8 Å². The lowest BCUT2D eigenvalue weighted by Crippen LogP contribution is -2.57. The molecule has 1 aromatic carbocycles. The monoisotopic (exact) mass is 394 g/mol. The number of carbonyl (C=O) groups excluding carboxylic acids is 2. The number of amides is 2. The van der Waals surface area contributed by atoms with Crippen molar-refractivity contribution in [2.75, 3.05) is 13.1 Å². The van der Waals surface area contributed by atoms with Gasteiger partial charge in [0.1, 0.15) is 0 Å². The van der Waals surface area contributed by atoms with Crippen LogP contribution in [-0.2, 0) is 5.41 Å². The molecule has 5 fully saturated rings. The fourth-order valence-electron chi connectivity index (χ4n) is 8.36. The van der Waals surface area contributed by atoms with Gasteiger partial charge in [-0.25, -0.2) is 0 Å². The maximum atomic E-state index is 13.2. The molecule has 0 aromatic heterocycles. The van der Waals surface area contributed by atoms with Crippen molar-refractivity contribution >= 4 is 11.8 Å². The molecule has 2 unspecified atom stereocenters. The van der Waals surface area contributed by atoms with Crippen molar-refractivity contribution in [3.8, 4) is 0 Å². The molecule has 4 heteroatoms. The molecular weight excluding hydrogens is 360 g/mol. The molecule has 29 heavy (non-hydrogen) atoms. The predicted molar refractivity (Wildman–Crippen MR) is 114 cm³/mol. The van der Waals surface area contributed by atoms with Crippen LogP contribution in [0.3, 0.4) is 0 Å². The molecular formula is C25H34N2O2. The quantitative estimate of drug-likeness (QED) is 0.810. The molecule has 2 N–H and O–H groups in total. The van der Waals surface area contributed by atoms with Gasteiger partial charge in [-0.05, 0) is 104 Å². The van der Waals surface area contributed by atoms with Crippen LogP contribution >= 0.6 is 0 Å². The van der Waals surface area contributed by atoms with Gasteiger partial charge in [0.15, 0.2) is 0 Å². The number of rotatable bonds is 3. The van der Waals surface area contributed by atoms with Crippen LogP contribution in [0.15, 0.2) is 18.2 Å². The van der Waals surface area contributed by atoms with Gasteiger partial charge in [0.2, 0.25) is 5.91 Å². The normalized spacial score (nSPS) is 38.3. The van der Waals surface area contributed by atoms with E-state index in [1.54, 1.807) is 0 Å². The van der Waals surface area contributed by atoms with Gasteiger partial charge >= 0.3 is 0 Å². The lowest BCUT2D eigenvalue weighted by Gasteiger charge is -2.66. The summed E-state index contributed by atoms with van der Waals surface area (Å²) in [5.74, 6) is 0.482. The van der Waals surface area contributed by atoms with Crippen LogP contribution in [0, 0.1) is 16.7 Å². The summed E-state index contributed by atoms with van der Waals surface area (Å²) >= 11 is 0. The largest absolute Gasteiger partial charge is 0.366 e. The number of nitrogens with two attached hydrogens (primary N) is 1. The molecule has 0 radical (unpaired) electrons. The van der Waals surface area contributed by atoms with E-state index < -0.39 is 0 Å². The maximum Gasteiger partial charge on any atom is 0.253 e. The summed E-state index contributed by atoms with van der Waals surface area (Å²) < 4.78 is 0. The Morgan fingerprint density at radius 1 is 0.966 bits per heavy atom. The molecule has 1 heterocycles. The molecule has 4 aliphatic carbocycles. The van der Waals surface area contributed by atoms with Crippen LogP contribution in [0.5, 0.6) is 0 Å². The second-order valence-corrected chi connectivity index (χ2v) is 11.4. The standard InChI is InChI=1S/C25H34N2O2/c1-23-11-17-12-24(2,14-23)16-25(13-17,15-23)20-10-18(6-7-19(20)21(26)28)22(29)27-8-4-3-5-9-27/h6-7,10,17H,3-5,8-9,11-16H2,1-2H3,(H2,26,28)/t17?,23-,24+,25?. The van der Waals surface area contributed by atoms with E-state index in [1.165, 1.54) is 25.7 Å². The van der Waals surface area contributed by atoms with Gasteiger partial charge in [0, 0.05) is 24.2 Å². The Balaban J connectivity index is 1.58. The van der Waals surface area contributed by atoms with E-state index in [4.69, 9.17) is 5.73 Å². The highest BCUT2D eigenvalue weighted by molar-refractivity contribution is 5.99. The SMILES string of the molecule is C[C@]12CC3CC(c4cc(C(=O)N5CCCCC5)ccc4C(N)=O)(C1)C[C@@](C)(C3)C2. The van der Waals surface area contributed by atoms with Crippen LogP contribution in [0.25, 0.3) is 0 Å². The minimum Gasteiger partial charge on any atom is -0.366 e. The Morgan fingerprint density at radius 3 is 2.21 bits per heavy atom. The van der Waals surface area contributed by atoms with Crippen molar-refractivity contribution < 1.29 is 9.59 Å². The van der Waals surface area contributed by atoms with Crippen molar-refractivity contribution in [2.45, 2.75) is 77.0 Å². The number of piperidine rings is 1. The average molecular weight is 395 g/mol. The number of primary amides is 1. The van der Waals surface area contributed by atoms with Crippen LogP contribution in [0.4, 0.5) is 0 Å². The van der Waals surface area contributed by atoms with Gasteiger partial charge in [-0.2, -0.15) is 0 Å².